The molecule has 1 amide bonds. The molecule has 9 nitrogen and oxygen atoms in total. The molecule has 9 heteroatoms. The molecule has 0 N–H and O–H groups in total. The van der Waals surface area contributed by atoms with E-state index in [2.05, 4.69) is 9.88 Å². The maximum atomic E-state index is 12.5. The van der Waals surface area contributed by atoms with Gasteiger partial charge in [0.1, 0.15) is 5.56 Å². The molecule has 2 aromatic rings. The molecule has 1 aromatic carbocycles. The molecule has 2 aliphatic heterocycles. The third-order valence-corrected chi connectivity index (χ3v) is 5.17. The maximum absolute atomic E-state index is 12.5. The van der Waals surface area contributed by atoms with Crippen LogP contribution in [0, 0.1) is 0 Å². The Bertz CT molecular complexity index is 943. The topological polar surface area (TPSA) is 90.4 Å². The Hall–Kier alpha value is -3.33. The van der Waals surface area contributed by atoms with Gasteiger partial charge in [0.25, 0.3) is 5.91 Å². The summed E-state index contributed by atoms with van der Waals surface area (Å²) in [6.45, 7) is 5.56. The van der Waals surface area contributed by atoms with Gasteiger partial charge in [-0.05, 0) is 36.8 Å². The normalized spacial score (nSPS) is 15.6. The summed E-state index contributed by atoms with van der Waals surface area (Å²) in [7, 11) is 0. The SMILES string of the molecule is CCOc1ncccc1C(=O)OCC(=O)N1CCN(Cc2ccc3c(c2)OCO3)CC1. The van der Waals surface area contributed by atoms with Gasteiger partial charge in [0.15, 0.2) is 18.1 Å². The van der Waals surface area contributed by atoms with Gasteiger partial charge < -0.3 is 23.8 Å². The van der Waals surface area contributed by atoms with Gasteiger partial charge in [-0.25, -0.2) is 9.78 Å². The van der Waals surface area contributed by atoms with Crippen molar-refractivity contribution < 1.29 is 28.5 Å². The molecule has 0 radical (unpaired) electrons. The minimum atomic E-state index is -0.619. The lowest BCUT2D eigenvalue weighted by atomic mass is 10.1. The fraction of sp³-hybridized carbons (Fsp3) is 0.409. The van der Waals surface area contributed by atoms with Crippen LogP contribution in [-0.4, -0.2) is 72.8 Å². The number of carbonyl (C=O) groups is 2. The lowest BCUT2D eigenvalue weighted by molar-refractivity contribution is -0.136. The summed E-state index contributed by atoms with van der Waals surface area (Å²) in [5, 5.41) is 0. The van der Waals surface area contributed by atoms with Gasteiger partial charge in [-0.1, -0.05) is 6.07 Å². The lowest BCUT2D eigenvalue weighted by Crippen LogP contribution is -2.49. The summed E-state index contributed by atoms with van der Waals surface area (Å²) in [5.74, 6) is 0.923. The van der Waals surface area contributed by atoms with Crippen LogP contribution < -0.4 is 14.2 Å². The van der Waals surface area contributed by atoms with E-state index in [1.54, 1.807) is 24.0 Å². The van der Waals surface area contributed by atoms with Crippen molar-refractivity contribution in [1.82, 2.24) is 14.8 Å². The number of pyridine rings is 1. The zero-order chi connectivity index (χ0) is 21.6. The van der Waals surface area contributed by atoms with Gasteiger partial charge in [-0.2, -0.15) is 0 Å². The van der Waals surface area contributed by atoms with Crippen molar-refractivity contribution in [2.75, 3.05) is 46.2 Å². The molecule has 0 spiro atoms. The Balaban J connectivity index is 1.23. The van der Waals surface area contributed by atoms with E-state index in [1.165, 1.54) is 6.20 Å². The minimum absolute atomic E-state index is 0.208. The third kappa shape index (κ3) is 5.05. The standard InChI is InChI=1S/C22H25N3O6/c1-2-28-21-17(4-3-7-23-21)22(27)29-14-20(26)25-10-8-24(9-11-25)13-16-5-6-18-19(12-16)31-15-30-18/h3-7,12H,2,8-11,13-15H2,1H3. The Morgan fingerprint density at radius 3 is 2.71 bits per heavy atom. The van der Waals surface area contributed by atoms with Crippen LogP contribution in [0.3, 0.4) is 0 Å². The third-order valence-electron chi connectivity index (χ3n) is 5.17. The summed E-state index contributed by atoms with van der Waals surface area (Å²) >= 11 is 0. The quantitative estimate of drug-likeness (QED) is 0.617. The van der Waals surface area contributed by atoms with Gasteiger partial charge in [0.2, 0.25) is 12.7 Å². The molecule has 0 unspecified atom stereocenters. The smallest absolute Gasteiger partial charge is 0.344 e. The molecule has 31 heavy (non-hydrogen) atoms. The van der Waals surface area contributed by atoms with Gasteiger partial charge in [-0.15, -0.1) is 0 Å². The molecule has 0 atom stereocenters. The predicted octanol–water partition coefficient (Wildman–Crippen LogP) is 1.71. The molecule has 0 aliphatic carbocycles. The molecule has 4 rings (SSSR count). The average molecular weight is 427 g/mol. The predicted molar refractivity (Wildman–Crippen MR) is 110 cm³/mol. The maximum Gasteiger partial charge on any atom is 0.344 e. The van der Waals surface area contributed by atoms with E-state index in [1.807, 2.05) is 18.2 Å². The first-order valence-electron chi connectivity index (χ1n) is 10.3. The summed E-state index contributed by atoms with van der Waals surface area (Å²) in [4.78, 5) is 32.8. The van der Waals surface area contributed by atoms with Crippen LogP contribution >= 0.6 is 0 Å². The van der Waals surface area contributed by atoms with Crippen molar-refractivity contribution in [3.8, 4) is 17.4 Å². The molecule has 1 fully saturated rings. The summed E-state index contributed by atoms with van der Waals surface area (Å²) in [6, 6.07) is 9.14. The molecule has 1 aromatic heterocycles. The van der Waals surface area contributed by atoms with Crippen LogP contribution in [0.1, 0.15) is 22.8 Å². The highest BCUT2D eigenvalue weighted by Crippen LogP contribution is 2.32. The van der Waals surface area contributed by atoms with E-state index >= 15 is 0 Å². The highest BCUT2D eigenvalue weighted by Gasteiger charge is 2.24. The van der Waals surface area contributed by atoms with E-state index in [0.29, 0.717) is 19.7 Å². The van der Waals surface area contributed by atoms with Crippen molar-refractivity contribution in [2.45, 2.75) is 13.5 Å². The van der Waals surface area contributed by atoms with E-state index in [-0.39, 0.29) is 30.8 Å². The van der Waals surface area contributed by atoms with Crippen molar-refractivity contribution in [2.24, 2.45) is 0 Å². The van der Waals surface area contributed by atoms with Gasteiger partial charge in [0.05, 0.1) is 6.61 Å². The molecule has 3 heterocycles. The zero-order valence-corrected chi connectivity index (χ0v) is 17.4. The first-order valence-corrected chi connectivity index (χ1v) is 10.3. The first-order chi connectivity index (χ1) is 15.1. The number of aromatic nitrogens is 1. The number of amides is 1. The number of hydrogen-bond donors (Lipinski definition) is 0. The number of ether oxygens (including phenoxy) is 4. The number of fused-ring (bicyclic) bond motifs is 1. The Labute approximate surface area is 180 Å². The fourth-order valence-electron chi connectivity index (χ4n) is 3.55. The second-order valence-electron chi connectivity index (χ2n) is 7.21. The number of carbonyl (C=O) groups excluding carboxylic acids is 2. The van der Waals surface area contributed by atoms with Crippen LogP contribution in [-0.2, 0) is 16.1 Å². The number of esters is 1. The first kappa shape index (κ1) is 20.9. The van der Waals surface area contributed by atoms with E-state index in [0.717, 1.165) is 36.7 Å². The van der Waals surface area contributed by atoms with E-state index in [4.69, 9.17) is 18.9 Å². The Morgan fingerprint density at radius 2 is 1.90 bits per heavy atom. The second kappa shape index (κ2) is 9.65. The van der Waals surface area contributed by atoms with Crippen molar-refractivity contribution in [1.29, 1.82) is 0 Å². The Kier molecular flexibility index (Phi) is 6.51. The number of benzene rings is 1. The molecule has 0 bridgehead atoms. The van der Waals surface area contributed by atoms with Crippen LogP contribution in [0.5, 0.6) is 17.4 Å². The largest absolute Gasteiger partial charge is 0.477 e. The van der Waals surface area contributed by atoms with Crippen LogP contribution in [0.2, 0.25) is 0 Å². The van der Waals surface area contributed by atoms with Gasteiger partial charge >= 0.3 is 5.97 Å². The highest BCUT2D eigenvalue weighted by atomic mass is 16.7. The summed E-state index contributed by atoms with van der Waals surface area (Å²) in [6.07, 6.45) is 1.54. The molecule has 1 saturated heterocycles. The van der Waals surface area contributed by atoms with Crippen LogP contribution in [0.25, 0.3) is 0 Å². The van der Waals surface area contributed by atoms with Gasteiger partial charge in [-0.3, -0.25) is 9.69 Å². The lowest BCUT2D eigenvalue weighted by Gasteiger charge is -2.34. The van der Waals surface area contributed by atoms with Crippen molar-refractivity contribution in [3.63, 3.8) is 0 Å². The monoisotopic (exact) mass is 427 g/mol. The average Bonchev–Trinajstić information content (AvgIpc) is 3.26. The number of nitrogens with zero attached hydrogens (tertiary/aromatic N) is 3. The highest BCUT2D eigenvalue weighted by molar-refractivity contribution is 5.93. The van der Waals surface area contributed by atoms with Crippen LogP contribution in [0.15, 0.2) is 36.5 Å². The summed E-state index contributed by atoms with van der Waals surface area (Å²) < 4.78 is 21.3. The summed E-state index contributed by atoms with van der Waals surface area (Å²) in [5.41, 5.74) is 1.35. The number of hydrogen-bond acceptors (Lipinski definition) is 8. The molecule has 0 saturated carbocycles. The van der Waals surface area contributed by atoms with Crippen LogP contribution in [0.4, 0.5) is 0 Å². The molecule has 2 aliphatic rings. The van der Waals surface area contributed by atoms with Crippen molar-refractivity contribution in [3.05, 3.63) is 47.7 Å². The molecule has 164 valence electrons. The van der Waals surface area contributed by atoms with E-state index < -0.39 is 5.97 Å². The minimum Gasteiger partial charge on any atom is -0.477 e. The van der Waals surface area contributed by atoms with E-state index in [9.17, 15) is 9.59 Å². The molecular weight excluding hydrogens is 402 g/mol. The number of rotatable bonds is 7. The fourth-order valence-corrected chi connectivity index (χ4v) is 3.55. The molecular formula is C22H25N3O6. The zero-order valence-electron chi connectivity index (χ0n) is 17.4. The Morgan fingerprint density at radius 1 is 1.10 bits per heavy atom. The van der Waals surface area contributed by atoms with Gasteiger partial charge in [0, 0.05) is 38.9 Å². The van der Waals surface area contributed by atoms with Crippen molar-refractivity contribution >= 4 is 11.9 Å². The number of piperazine rings is 1. The second-order valence-corrected chi connectivity index (χ2v) is 7.21.